The molecule has 1 saturated heterocycles. The molecule has 1 heterocycles. The molecule has 1 aliphatic heterocycles. The fraction of sp³-hybridized carbons (Fsp3) is 0.571. The summed E-state index contributed by atoms with van der Waals surface area (Å²) in [6.07, 6.45) is 3.07. The SMILES string of the molecule is [2H]C([2H])([2H])[C@@H](N[C@H](CCc1ccccc1)C(=O)O)C(=O)N1[C@@H](C(=O)O)C[C@H]2CCC[C@H]21. The van der Waals surface area contributed by atoms with Crippen LogP contribution in [0.25, 0.3) is 0 Å². The van der Waals surface area contributed by atoms with E-state index < -0.39 is 42.8 Å². The van der Waals surface area contributed by atoms with E-state index in [-0.39, 0.29) is 18.4 Å². The average Bonchev–Trinajstić information content (AvgIpc) is 3.28. The van der Waals surface area contributed by atoms with Gasteiger partial charge in [0.15, 0.2) is 0 Å². The number of aryl methyl sites for hydroxylation is 1. The Labute approximate surface area is 168 Å². The number of nitrogens with zero attached hydrogens (tertiary/aromatic N) is 1. The lowest BCUT2D eigenvalue weighted by Gasteiger charge is -2.31. The van der Waals surface area contributed by atoms with Crippen molar-refractivity contribution in [2.75, 3.05) is 0 Å². The second-order valence-corrected chi connectivity index (χ2v) is 7.61. The van der Waals surface area contributed by atoms with E-state index in [1.807, 2.05) is 30.3 Å². The van der Waals surface area contributed by atoms with Crippen LogP contribution in [0.4, 0.5) is 0 Å². The molecule has 2 aliphatic rings. The molecule has 0 unspecified atom stereocenters. The summed E-state index contributed by atoms with van der Waals surface area (Å²) in [5, 5.41) is 21.8. The molecule has 3 N–H and O–H groups in total. The molecule has 0 bridgehead atoms. The molecule has 7 heteroatoms. The summed E-state index contributed by atoms with van der Waals surface area (Å²) in [6, 6.07) is 4.72. The number of hydrogen-bond acceptors (Lipinski definition) is 4. The highest BCUT2D eigenvalue weighted by atomic mass is 16.4. The molecule has 1 amide bonds. The zero-order valence-electron chi connectivity index (χ0n) is 18.6. The van der Waals surface area contributed by atoms with Gasteiger partial charge in [-0.1, -0.05) is 36.8 Å². The molecule has 0 aromatic heterocycles. The highest BCUT2D eigenvalue weighted by Crippen LogP contribution is 2.41. The van der Waals surface area contributed by atoms with Gasteiger partial charge in [0.25, 0.3) is 0 Å². The number of fused-ring (bicyclic) bond motifs is 1. The van der Waals surface area contributed by atoms with E-state index >= 15 is 0 Å². The standard InChI is InChI=1S/C21H28N2O5/c1-13(22-16(20(25)26)11-10-14-6-3-2-4-7-14)19(24)23-17-9-5-8-15(17)12-18(23)21(27)28/h2-4,6-7,13,15-18,22H,5,8-12H2,1H3,(H,25,26)(H,27,28)/t13-,15-,16-,17-,18-/m1/s1/i1D3. The highest BCUT2D eigenvalue weighted by Gasteiger charge is 2.49. The lowest BCUT2D eigenvalue weighted by Crippen LogP contribution is -2.55. The number of likely N-dealkylation sites (tertiary alicyclic amines) is 1. The van der Waals surface area contributed by atoms with Crippen molar-refractivity contribution in [3.05, 3.63) is 35.9 Å². The molecule has 2 fully saturated rings. The van der Waals surface area contributed by atoms with Gasteiger partial charge in [-0.15, -0.1) is 0 Å². The van der Waals surface area contributed by atoms with Gasteiger partial charge in [0.2, 0.25) is 5.91 Å². The fourth-order valence-corrected chi connectivity index (χ4v) is 4.48. The molecular weight excluding hydrogens is 360 g/mol. The lowest BCUT2D eigenvalue weighted by molar-refractivity contribution is -0.151. The van der Waals surface area contributed by atoms with Crippen LogP contribution in [-0.4, -0.2) is 57.1 Å². The van der Waals surface area contributed by atoms with Crippen LogP contribution >= 0.6 is 0 Å². The molecule has 1 saturated carbocycles. The number of carboxylic acids is 2. The van der Waals surface area contributed by atoms with Crippen LogP contribution in [0.3, 0.4) is 0 Å². The van der Waals surface area contributed by atoms with Gasteiger partial charge in [-0.2, -0.15) is 0 Å². The van der Waals surface area contributed by atoms with E-state index in [9.17, 15) is 24.6 Å². The lowest BCUT2D eigenvalue weighted by atomic mass is 10.0. The maximum Gasteiger partial charge on any atom is 0.326 e. The molecule has 28 heavy (non-hydrogen) atoms. The van der Waals surface area contributed by atoms with Gasteiger partial charge in [-0.05, 0) is 50.4 Å². The summed E-state index contributed by atoms with van der Waals surface area (Å²) in [4.78, 5) is 38.1. The molecule has 152 valence electrons. The molecule has 1 aromatic carbocycles. The summed E-state index contributed by atoms with van der Waals surface area (Å²) < 4.78 is 23.6. The van der Waals surface area contributed by atoms with Crippen LogP contribution in [0.15, 0.2) is 30.3 Å². The largest absolute Gasteiger partial charge is 0.480 e. The zero-order valence-corrected chi connectivity index (χ0v) is 15.6. The number of carboxylic acid groups (broad SMARTS) is 2. The second kappa shape index (κ2) is 8.73. The molecule has 0 spiro atoms. The van der Waals surface area contributed by atoms with Crippen LogP contribution in [0.1, 0.15) is 48.6 Å². The van der Waals surface area contributed by atoms with E-state index in [4.69, 9.17) is 4.11 Å². The third kappa shape index (κ3) is 4.35. The number of hydrogen-bond donors (Lipinski definition) is 3. The number of benzene rings is 1. The van der Waals surface area contributed by atoms with Crippen LogP contribution in [0, 0.1) is 5.92 Å². The van der Waals surface area contributed by atoms with E-state index in [1.165, 1.54) is 4.90 Å². The van der Waals surface area contributed by atoms with Crippen molar-refractivity contribution in [2.45, 2.75) is 69.5 Å². The second-order valence-electron chi connectivity index (χ2n) is 7.61. The predicted molar refractivity (Wildman–Crippen MR) is 103 cm³/mol. The van der Waals surface area contributed by atoms with Gasteiger partial charge in [-0.3, -0.25) is 14.9 Å². The summed E-state index contributed by atoms with van der Waals surface area (Å²) in [5.74, 6) is -3.23. The van der Waals surface area contributed by atoms with Crippen molar-refractivity contribution >= 4 is 17.8 Å². The molecule has 1 aliphatic carbocycles. The maximum absolute atomic E-state index is 13.3. The minimum Gasteiger partial charge on any atom is -0.480 e. The maximum atomic E-state index is 13.3. The van der Waals surface area contributed by atoms with Crippen LogP contribution in [0.5, 0.6) is 0 Å². The summed E-state index contributed by atoms with van der Waals surface area (Å²) in [6.45, 7) is -2.82. The Morgan fingerprint density at radius 1 is 1.25 bits per heavy atom. The van der Waals surface area contributed by atoms with Gasteiger partial charge in [0.05, 0.1) is 6.04 Å². The van der Waals surface area contributed by atoms with Crippen molar-refractivity contribution in [3.63, 3.8) is 0 Å². The highest BCUT2D eigenvalue weighted by molar-refractivity contribution is 5.88. The molecular formula is C21H28N2O5. The first-order chi connectivity index (χ1) is 14.6. The quantitative estimate of drug-likeness (QED) is 0.625. The van der Waals surface area contributed by atoms with Crippen LogP contribution < -0.4 is 5.32 Å². The monoisotopic (exact) mass is 391 g/mol. The Kier molecular flexibility index (Phi) is 5.16. The van der Waals surface area contributed by atoms with Crippen molar-refractivity contribution in [2.24, 2.45) is 5.92 Å². The molecule has 1 aromatic rings. The molecule has 7 nitrogen and oxygen atoms in total. The van der Waals surface area contributed by atoms with Crippen LogP contribution in [0.2, 0.25) is 0 Å². The third-order valence-electron chi connectivity index (χ3n) is 5.85. The summed E-state index contributed by atoms with van der Waals surface area (Å²) in [5.41, 5.74) is 0.895. The van der Waals surface area contributed by atoms with Gasteiger partial charge in [0.1, 0.15) is 12.1 Å². The van der Waals surface area contributed by atoms with Crippen molar-refractivity contribution in [1.82, 2.24) is 10.2 Å². The molecule has 3 rings (SSSR count). The number of carbonyl (C=O) groups is 3. The van der Waals surface area contributed by atoms with Crippen LogP contribution in [-0.2, 0) is 20.8 Å². The number of amides is 1. The van der Waals surface area contributed by atoms with Gasteiger partial charge < -0.3 is 15.1 Å². The predicted octanol–water partition coefficient (Wildman–Crippen LogP) is 1.90. The Morgan fingerprint density at radius 2 is 2.00 bits per heavy atom. The van der Waals surface area contributed by atoms with Crippen molar-refractivity contribution < 1.29 is 28.7 Å². The first-order valence-electron chi connectivity index (χ1n) is 11.2. The smallest absolute Gasteiger partial charge is 0.326 e. The number of rotatable bonds is 8. The number of nitrogens with one attached hydrogen (secondary N) is 1. The van der Waals surface area contributed by atoms with E-state index in [1.54, 1.807) is 0 Å². The van der Waals surface area contributed by atoms with Gasteiger partial charge >= 0.3 is 11.9 Å². The number of carbonyl (C=O) groups excluding carboxylic acids is 1. The normalized spacial score (nSPS) is 27.9. The molecule has 5 atom stereocenters. The first-order valence-corrected chi connectivity index (χ1v) is 9.67. The number of aliphatic carboxylic acids is 2. The van der Waals surface area contributed by atoms with E-state index in [0.717, 1.165) is 18.4 Å². The van der Waals surface area contributed by atoms with E-state index in [0.29, 0.717) is 19.3 Å². The Morgan fingerprint density at radius 3 is 2.64 bits per heavy atom. The zero-order chi connectivity index (χ0) is 22.8. The summed E-state index contributed by atoms with van der Waals surface area (Å²) in [7, 11) is 0. The average molecular weight is 391 g/mol. The topological polar surface area (TPSA) is 107 Å². The van der Waals surface area contributed by atoms with Crippen molar-refractivity contribution in [1.29, 1.82) is 0 Å². The molecule has 0 radical (unpaired) electrons. The Bertz CT molecular complexity index is 817. The minimum absolute atomic E-state index is 0.0376. The Hall–Kier alpha value is -2.41. The van der Waals surface area contributed by atoms with Gasteiger partial charge in [-0.25, -0.2) is 4.79 Å². The fourth-order valence-electron chi connectivity index (χ4n) is 4.48. The van der Waals surface area contributed by atoms with Crippen molar-refractivity contribution in [3.8, 4) is 0 Å². The Balaban J connectivity index is 1.80. The third-order valence-corrected chi connectivity index (χ3v) is 5.85. The van der Waals surface area contributed by atoms with E-state index in [2.05, 4.69) is 5.32 Å². The van der Waals surface area contributed by atoms with Gasteiger partial charge in [0, 0.05) is 10.2 Å². The first kappa shape index (κ1) is 16.5. The summed E-state index contributed by atoms with van der Waals surface area (Å²) >= 11 is 0. The minimum atomic E-state index is -2.82.